The second-order valence-electron chi connectivity index (χ2n) is 13.5. The Balaban J connectivity index is 1.25. The number of fused-ring (bicyclic) bond motifs is 7. The van der Waals surface area contributed by atoms with Gasteiger partial charge in [-0.3, -0.25) is 9.59 Å². The van der Waals surface area contributed by atoms with Gasteiger partial charge in [-0.2, -0.15) is 0 Å². The van der Waals surface area contributed by atoms with E-state index >= 15 is 0 Å². The molecule has 12 atom stereocenters. The summed E-state index contributed by atoms with van der Waals surface area (Å²) in [5.41, 5.74) is -0.0934. The third-order valence-electron chi connectivity index (χ3n) is 12.1. The van der Waals surface area contributed by atoms with E-state index in [2.05, 4.69) is 27.7 Å². The number of rotatable bonds is 1. The molecule has 0 unspecified atom stereocenters. The average Bonchev–Trinajstić information content (AvgIpc) is 3.23. The normalized spacial score (nSPS) is 56.4. The Labute approximate surface area is 205 Å². The van der Waals surface area contributed by atoms with Crippen molar-refractivity contribution in [3.63, 3.8) is 0 Å². The maximum atomic E-state index is 14.1. The van der Waals surface area contributed by atoms with E-state index < -0.39 is 5.79 Å². The lowest BCUT2D eigenvalue weighted by atomic mass is 9.44. The summed E-state index contributed by atoms with van der Waals surface area (Å²) in [6.07, 6.45) is 9.47. The maximum Gasteiger partial charge on any atom is 0.302 e. The van der Waals surface area contributed by atoms with Crippen LogP contribution >= 0.6 is 0 Å². The van der Waals surface area contributed by atoms with Crippen LogP contribution in [0.5, 0.6) is 0 Å². The minimum atomic E-state index is -0.467. The number of ether oxygens (including phenoxy) is 3. The van der Waals surface area contributed by atoms with E-state index in [1.807, 2.05) is 0 Å². The van der Waals surface area contributed by atoms with Crippen LogP contribution in [-0.2, 0) is 23.8 Å². The zero-order valence-electron chi connectivity index (χ0n) is 21.8. The second kappa shape index (κ2) is 7.78. The van der Waals surface area contributed by atoms with Gasteiger partial charge in [-0.15, -0.1) is 0 Å². The Kier molecular flexibility index (Phi) is 5.37. The third kappa shape index (κ3) is 3.11. The van der Waals surface area contributed by atoms with Gasteiger partial charge in [-0.05, 0) is 80.0 Å². The van der Waals surface area contributed by atoms with E-state index in [1.165, 1.54) is 19.8 Å². The molecule has 0 aromatic rings. The zero-order chi connectivity index (χ0) is 24.0. The second-order valence-corrected chi connectivity index (χ2v) is 13.5. The lowest BCUT2D eigenvalue weighted by molar-refractivity contribution is -0.272. The number of carbonyl (C=O) groups excluding carboxylic acids is 2. The fourth-order valence-electron chi connectivity index (χ4n) is 10.3. The predicted octanol–water partition coefficient (Wildman–Crippen LogP) is 5.54. The van der Waals surface area contributed by atoms with Crippen molar-refractivity contribution < 1.29 is 23.8 Å². The molecule has 0 N–H and O–H groups in total. The summed E-state index contributed by atoms with van der Waals surface area (Å²) in [5, 5.41) is 0. The first kappa shape index (κ1) is 23.5. The quantitative estimate of drug-likeness (QED) is 0.469. The average molecular weight is 473 g/mol. The van der Waals surface area contributed by atoms with E-state index in [-0.39, 0.29) is 40.8 Å². The van der Waals surface area contributed by atoms with Crippen LogP contribution in [0.15, 0.2) is 0 Å². The van der Waals surface area contributed by atoms with Crippen LogP contribution in [0, 0.1) is 52.3 Å². The van der Waals surface area contributed by atoms with E-state index in [4.69, 9.17) is 14.2 Å². The highest BCUT2D eigenvalue weighted by molar-refractivity contribution is 5.87. The largest absolute Gasteiger partial charge is 0.463 e. The Bertz CT molecular complexity index is 861. The minimum absolute atomic E-state index is 0.0613. The smallest absolute Gasteiger partial charge is 0.302 e. The van der Waals surface area contributed by atoms with Crippen molar-refractivity contribution >= 4 is 11.8 Å². The fraction of sp³-hybridized carbons (Fsp3) is 0.931. The standard InChI is InChI=1S/C29H44O5/c1-16-8-11-29(32-15-16)17(2)26-24(34-29)13-23-21-7-6-19-12-20(33-18(3)30)9-10-27(19,4)22(21)14-25(31)28(23,26)5/h16-17,19-24,26H,6-15H2,1-5H3/t16-,17+,19-,20+,21-,22+,23-,24-,26+,27+,28-,29-/m1/s1. The molecular weight excluding hydrogens is 428 g/mol. The van der Waals surface area contributed by atoms with Crippen LogP contribution in [-0.4, -0.2) is 36.4 Å². The molecule has 6 rings (SSSR count). The number of hydrogen-bond acceptors (Lipinski definition) is 5. The molecule has 2 heterocycles. The molecule has 6 aliphatic rings. The van der Waals surface area contributed by atoms with Gasteiger partial charge in [-0.25, -0.2) is 0 Å². The lowest BCUT2D eigenvalue weighted by Gasteiger charge is -2.60. The molecule has 4 saturated carbocycles. The van der Waals surface area contributed by atoms with Crippen LogP contribution in [0.1, 0.15) is 92.4 Å². The molecular formula is C29H44O5. The first-order chi connectivity index (χ1) is 16.1. The number of ketones is 1. The van der Waals surface area contributed by atoms with Gasteiger partial charge in [0.15, 0.2) is 5.79 Å². The van der Waals surface area contributed by atoms with Crippen LogP contribution in [0.4, 0.5) is 0 Å². The molecule has 2 aliphatic heterocycles. The van der Waals surface area contributed by atoms with Crippen molar-refractivity contribution in [2.24, 2.45) is 52.3 Å². The molecule has 190 valence electrons. The van der Waals surface area contributed by atoms with Gasteiger partial charge in [0, 0.05) is 37.0 Å². The topological polar surface area (TPSA) is 61.8 Å². The highest BCUT2D eigenvalue weighted by Gasteiger charge is 2.71. The molecule has 5 heteroatoms. The van der Waals surface area contributed by atoms with Gasteiger partial charge < -0.3 is 14.2 Å². The Morgan fingerprint density at radius 3 is 2.53 bits per heavy atom. The summed E-state index contributed by atoms with van der Waals surface area (Å²) < 4.78 is 18.8. The summed E-state index contributed by atoms with van der Waals surface area (Å²) in [4.78, 5) is 25.7. The summed E-state index contributed by atoms with van der Waals surface area (Å²) in [5.74, 6) is 3.07. The summed E-state index contributed by atoms with van der Waals surface area (Å²) in [6, 6.07) is 0. The Hall–Kier alpha value is -0.940. The number of carbonyl (C=O) groups is 2. The van der Waals surface area contributed by atoms with E-state index in [0.29, 0.717) is 35.4 Å². The molecule has 2 saturated heterocycles. The fourth-order valence-corrected chi connectivity index (χ4v) is 10.3. The molecule has 0 aromatic heterocycles. The monoisotopic (exact) mass is 472 g/mol. The molecule has 0 bridgehead atoms. The van der Waals surface area contributed by atoms with Crippen molar-refractivity contribution in [2.75, 3.05) is 6.61 Å². The van der Waals surface area contributed by atoms with E-state index in [1.54, 1.807) is 0 Å². The van der Waals surface area contributed by atoms with E-state index in [0.717, 1.165) is 51.6 Å². The summed E-state index contributed by atoms with van der Waals surface area (Å²) in [7, 11) is 0. The number of Topliss-reactive ketones (excluding diaryl/α,β-unsaturated/α-hetero) is 1. The highest BCUT2D eigenvalue weighted by Crippen LogP contribution is 2.70. The molecule has 4 aliphatic carbocycles. The molecule has 0 amide bonds. The Morgan fingerprint density at radius 1 is 1.03 bits per heavy atom. The lowest BCUT2D eigenvalue weighted by Crippen LogP contribution is -2.58. The van der Waals surface area contributed by atoms with Crippen molar-refractivity contribution in [3.05, 3.63) is 0 Å². The summed E-state index contributed by atoms with van der Waals surface area (Å²) >= 11 is 0. The highest BCUT2D eigenvalue weighted by atomic mass is 16.7. The van der Waals surface area contributed by atoms with Gasteiger partial charge in [-0.1, -0.05) is 27.7 Å². The third-order valence-corrected chi connectivity index (χ3v) is 12.1. The molecule has 34 heavy (non-hydrogen) atoms. The van der Waals surface area contributed by atoms with Crippen molar-refractivity contribution in [3.8, 4) is 0 Å². The van der Waals surface area contributed by atoms with Crippen LogP contribution in [0.2, 0.25) is 0 Å². The molecule has 5 nitrogen and oxygen atoms in total. The van der Waals surface area contributed by atoms with Gasteiger partial charge in [0.1, 0.15) is 11.9 Å². The van der Waals surface area contributed by atoms with Gasteiger partial charge in [0.2, 0.25) is 0 Å². The van der Waals surface area contributed by atoms with Gasteiger partial charge in [0.25, 0.3) is 0 Å². The Morgan fingerprint density at radius 2 is 1.82 bits per heavy atom. The molecule has 1 spiro atoms. The number of esters is 1. The van der Waals surface area contributed by atoms with Crippen LogP contribution in [0.25, 0.3) is 0 Å². The van der Waals surface area contributed by atoms with E-state index in [9.17, 15) is 9.59 Å². The number of hydrogen-bond donors (Lipinski definition) is 0. The van der Waals surface area contributed by atoms with Crippen molar-refractivity contribution in [2.45, 2.75) is 110 Å². The predicted molar refractivity (Wildman–Crippen MR) is 128 cm³/mol. The molecule has 6 fully saturated rings. The zero-order valence-corrected chi connectivity index (χ0v) is 21.8. The van der Waals surface area contributed by atoms with Crippen LogP contribution < -0.4 is 0 Å². The molecule has 0 radical (unpaired) electrons. The van der Waals surface area contributed by atoms with Gasteiger partial charge >= 0.3 is 5.97 Å². The first-order valence-corrected chi connectivity index (χ1v) is 14.1. The van der Waals surface area contributed by atoms with Crippen LogP contribution in [0.3, 0.4) is 0 Å². The van der Waals surface area contributed by atoms with Crippen molar-refractivity contribution in [1.82, 2.24) is 0 Å². The minimum Gasteiger partial charge on any atom is -0.463 e. The van der Waals surface area contributed by atoms with Crippen molar-refractivity contribution in [1.29, 1.82) is 0 Å². The summed E-state index contributed by atoms with van der Waals surface area (Å²) in [6.45, 7) is 11.6. The maximum absolute atomic E-state index is 14.1. The molecule has 0 aromatic carbocycles. The first-order valence-electron chi connectivity index (χ1n) is 14.1. The SMILES string of the molecule is CC(=O)O[C@H]1CC[C@@]2(C)[C@H](CC[C@H]3[C@H]4C[C@H]5O[C@]6(CC[C@@H](C)CO6)[C@@H](C)[C@@H]5[C@@]4(C)C(=O)C[C@@H]32)C1. The van der Waals surface area contributed by atoms with Gasteiger partial charge in [0.05, 0.1) is 12.7 Å².